The second kappa shape index (κ2) is 4.88. The molecule has 0 fully saturated rings. The molecule has 2 heterocycles. The fraction of sp³-hybridized carbons (Fsp3) is 0. The van der Waals surface area contributed by atoms with Crippen LogP contribution in [-0.4, -0.2) is 4.98 Å². The molecule has 90 valence electrons. The number of benzene rings is 1. The molecule has 4 heteroatoms. The number of H-pyrrole nitrogens is 1. The topological polar surface area (TPSA) is 27.8 Å². The third kappa shape index (κ3) is 2.42. The summed E-state index contributed by atoms with van der Waals surface area (Å²) in [4.78, 5) is 4.22. The summed E-state index contributed by atoms with van der Waals surface area (Å²) in [6, 6.07) is 12.0. The van der Waals surface area contributed by atoms with Gasteiger partial charge in [-0.2, -0.15) is 0 Å². The van der Waals surface area contributed by atoms with Crippen LogP contribution >= 0.6 is 22.9 Å². The van der Waals surface area contributed by atoms with Crippen molar-refractivity contribution >= 4 is 34.3 Å². The fourth-order valence-electron chi connectivity index (χ4n) is 1.76. The van der Waals surface area contributed by atoms with Crippen LogP contribution in [0.4, 0.5) is 11.4 Å². The van der Waals surface area contributed by atoms with Crippen LogP contribution in [0.5, 0.6) is 0 Å². The average molecular weight is 275 g/mol. The zero-order valence-electron chi connectivity index (χ0n) is 9.48. The molecule has 0 saturated heterocycles. The van der Waals surface area contributed by atoms with Crippen molar-refractivity contribution < 1.29 is 0 Å². The number of hydrogen-bond acceptors (Lipinski definition) is 2. The Morgan fingerprint density at radius 3 is 2.83 bits per heavy atom. The number of nitrogens with one attached hydrogen (secondary N) is 2. The van der Waals surface area contributed by atoms with Crippen molar-refractivity contribution in [3.05, 3.63) is 59.2 Å². The highest BCUT2D eigenvalue weighted by Crippen LogP contribution is 2.32. The van der Waals surface area contributed by atoms with Crippen molar-refractivity contribution in [3.63, 3.8) is 0 Å². The Kier molecular flexibility index (Phi) is 3.09. The van der Waals surface area contributed by atoms with E-state index in [0.717, 1.165) is 22.0 Å². The predicted molar refractivity (Wildman–Crippen MR) is 78.8 cm³/mol. The van der Waals surface area contributed by atoms with Gasteiger partial charge in [-0.25, -0.2) is 0 Å². The van der Waals surface area contributed by atoms with E-state index in [2.05, 4.69) is 27.8 Å². The van der Waals surface area contributed by atoms with E-state index < -0.39 is 0 Å². The van der Waals surface area contributed by atoms with E-state index in [1.54, 1.807) is 11.3 Å². The van der Waals surface area contributed by atoms with Crippen molar-refractivity contribution in [1.82, 2.24) is 4.98 Å². The Hall–Kier alpha value is -1.71. The molecule has 2 aromatic heterocycles. The monoisotopic (exact) mass is 274 g/mol. The lowest BCUT2D eigenvalue weighted by atomic mass is 10.2. The number of aromatic nitrogens is 1. The third-order valence-corrected chi connectivity index (χ3v) is 3.81. The van der Waals surface area contributed by atoms with Gasteiger partial charge < -0.3 is 10.3 Å². The molecule has 0 radical (unpaired) electrons. The van der Waals surface area contributed by atoms with Gasteiger partial charge in [0.1, 0.15) is 0 Å². The zero-order chi connectivity index (χ0) is 12.4. The van der Waals surface area contributed by atoms with Crippen LogP contribution in [0.2, 0.25) is 5.02 Å². The van der Waals surface area contributed by atoms with Crippen molar-refractivity contribution in [1.29, 1.82) is 0 Å². The molecule has 0 amide bonds. The van der Waals surface area contributed by atoms with Crippen LogP contribution in [0.15, 0.2) is 54.2 Å². The van der Waals surface area contributed by atoms with E-state index in [4.69, 9.17) is 11.6 Å². The van der Waals surface area contributed by atoms with Gasteiger partial charge in [0.05, 0.1) is 5.69 Å². The number of rotatable bonds is 3. The van der Waals surface area contributed by atoms with E-state index in [1.165, 1.54) is 4.88 Å². The zero-order valence-corrected chi connectivity index (χ0v) is 11.1. The minimum Gasteiger partial charge on any atom is -0.366 e. The molecule has 0 unspecified atom stereocenters. The van der Waals surface area contributed by atoms with Gasteiger partial charge in [0.25, 0.3) is 0 Å². The smallest absolute Gasteiger partial charge is 0.0561 e. The summed E-state index contributed by atoms with van der Waals surface area (Å²) < 4.78 is 0. The molecule has 0 aliphatic carbocycles. The highest BCUT2D eigenvalue weighted by Gasteiger charge is 2.03. The molecule has 0 atom stereocenters. The van der Waals surface area contributed by atoms with Crippen LogP contribution in [0.1, 0.15) is 0 Å². The maximum atomic E-state index is 6.00. The van der Waals surface area contributed by atoms with Crippen LogP contribution in [-0.2, 0) is 0 Å². The van der Waals surface area contributed by atoms with E-state index in [-0.39, 0.29) is 0 Å². The number of thiophene rings is 1. The summed E-state index contributed by atoms with van der Waals surface area (Å²) in [7, 11) is 0. The summed E-state index contributed by atoms with van der Waals surface area (Å²) >= 11 is 7.70. The maximum absolute atomic E-state index is 6.00. The van der Waals surface area contributed by atoms with Crippen LogP contribution in [0, 0.1) is 0 Å². The second-order valence-electron chi connectivity index (χ2n) is 3.93. The standard InChI is InChI=1S/C14H11ClN2S/c15-11-3-1-2-10(6-11)14-7-13(9-18-14)17-12-4-5-16-8-12/h1-9,16-17H. The first-order valence-corrected chi connectivity index (χ1v) is 6.81. The highest BCUT2D eigenvalue weighted by molar-refractivity contribution is 7.14. The Morgan fingerprint density at radius 1 is 1.11 bits per heavy atom. The van der Waals surface area contributed by atoms with Crippen molar-refractivity contribution in [2.75, 3.05) is 5.32 Å². The molecule has 3 aromatic rings. The van der Waals surface area contributed by atoms with Gasteiger partial charge >= 0.3 is 0 Å². The van der Waals surface area contributed by atoms with Gasteiger partial charge in [0.15, 0.2) is 0 Å². The minimum atomic E-state index is 0.765. The minimum absolute atomic E-state index is 0.765. The van der Waals surface area contributed by atoms with Crippen LogP contribution < -0.4 is 5.32 Å². The quantitative estimate of drug-likeness (QED) is 0.680. The first kappa shape index (κ1) is 11.4. The lowest BCUT2D eigenvalue weighted by Gasteiger charge is -1.99. The Morgan fingerprint density at radius 2 is 2.06 bits per heavy atom. The third-order valence-electron chi connectivity index (χ3n) is 2.60. The van der Waals surface area contributed by atoms with Gasteiger partial charge in [-0.05, 0) is 29.8 Å². The van der Waals surface area contributed by atoms with Gasteiger partial charge in [-0.15, -0.1) is 11.3 Å². The molecular weight excluding hydrogens is 264 g/mol. The molecule has 0 bridgehead atoms. The average Bonchev–Trinajstić information content (AvgIpc) is 3.01. The lowest BCUT2D eigenvalue weighted by Crippen LogP contribution is -1.84. The number of anilines is 2. The molecular formula is C14H11ClN2S. The summed E-state index contributed by atoms with van der Waals surface area (Å²) in [5.74, 6) is 0. The maximum Gasteiger partial charge on any atom is 0.0561 e. The molecule has 3 rings (SSSR count). The number of hydrogen-bond donors (Lipinski definition) is 2. The van der Waals surface area contributed by atoms with Crippen LogP contribution in [0.25, 0.3) is 10.4 Å². The Labute approximate surface area is 114 Å². The predicted octanol–water partition coefficient (Wildman–Crippen LogP) is 5.14. The van der Waals surface area contributed by atoms with E-state index >= 15 is 0 Å². The van der Waals surface area contributed by atoms with E-state index in [0.29, 0.717) is 0 Å². The number of halogens is 1. The largest absolute Gasteiger partial charge is 0.366 e. The molecule has 0 saturated carbocycles. The molecule has 2 N–H and O–H groups in total. The first-order chi connectivity index (χ1) is 8.81. The van der Waals surface area contributed by atoms with E-state index in [9.17, 15) is 0 Å². The van der Waals surface area contributed by atoms with E-state index in [1.807, 2.05) is 36.7 Å². The molecule has 0 aliphatic rings. The number of aromatic amines is 1. The summed E-state index contributed by atoms with van der Waals surface area (Å²) in [6.07, 6.45) is 3.82. The molecule has 18 heavy (non-hydrogen) atoms. The van der Waals surface area contributed by atoms with Gasteiger partial charge in [0.2, 0.25) is 0 Å². The van der Waals surface area contributed by atoms with Gasteiger partial charge in [-0.1, -0.05) is 23.7 Å². The van der Waals surface area contributed by atoms with Gasteiger partial charge in [-0.3, -0.25) is 0 Å². The second-order valence-corrected chi connectivity index (χ2v) is 5.28. The highest BCUT2D eigenvalue weighted by atomic mass is 35.5. The van der Waals surface area contributed by atoms with Crippen molar-refractivity contribution in [2.24, 2.45) is 0 Å². The summed E-state index contributed by atoms with van der Waals surface area (Å²) in [5, 5.41) is 6.20. The molecule has 1 aromatic carbocycles. The molecule has 2 nitrogen and oxygen atoms in total. The SMILES string of the molecule is Clc1cccc(-c2cc(Nc3cc[nH]c3)cs2)c1. The normalized spacial score (nSPS) is 10.5. The molecule has 0 spiro atoms. The van der Waals surface area contributed by atoms with Gasteiger partial charge in [0, 0.05) is 33.4 Å². The summed E-state index contributed by atoms with van der Waals surface area (Å²) in [6.45, 7) is 0. The van der Waals surface area contributed by atoms with Crippen molar-refractivity contribution in [3.8, 4) is 10.4 Å². The summed E-state index contributed by atoms with van der Waals surface area (Å²) in [5.41, 5.74) is 3.30. The lowest BCUT2D eigenvalue weighted by molar-refractivity contribution is 1.41. The Bertz CT molecular complexity index is 643. The van der Waals surface area contributed by atoms with Crippen molar-refractivity contribution in [2.45, 2.75) is 0 Å². The Balaban J connectivity index is 1.85. The first-order valence-electron chi connectivity index (χ1n) is 5.55. The fourth-order valence-corrected chi connectivity index (χ4v) is 2.79. The van der Waals surface area contributed by atoms with Crippen LogP contribution in [0.3, 0.4) is 0 Å². The molecule has 0 aliphatic heterocycles.